The van der Waals surface area contributed by atoms with E-state index in [9.17, 15) is 9.18 Å². The molecule has 0 radical (unpaired) electrons. The van der Waals surface area contributed by atoms with Crippen LogP contribution in [0.1, 0.15) is 50.5 Å². The number of benzene rings is 1. The molecule has 2 bridgehead atoms. The second kappa shape index (κ2) is 5.90. The molecule has 1 aromatic carbocycles. The predicted octanol–water partition coefficient (Wildman–Crippen LogP) is 2.99. The summed E-state index contributed by atoms with van der Waals surface area (Å²) in [5.41, 5.74) is 0.584. The first kappa shape index (κ1) is 15.1. The van der Waals surface area contributed by atoms with E-state index in [2.05, 4.69) is 10.2 Å². The molecule has 4 heteroatoms. The van der Waals surface area contributed by atoms with Crippen molar-refractivity contribution in [3.8, 4) is 0 Å². The minimum absolute atomic E-state index is 0.231. The van der Waals surface area contributed by atoms with Gasteiger partial charge in [-0.1, -0.05) is 25.0 Å². The fourth-order valence-corrected chi connectivity index (χ4v) is 4.80. The summed E-state index contributed by atoms with van der Waals surface area (Å²) in [5.74, 6) is 0.0431. The van der Waals surface area contributed by atoms with Crippen molar-refractivity contribution in [2.75, 3.05) is 13.1 Å². The van der Waals surface area contributed by atoms with Crippen molar-refractivity contribution in [2.45, 2.75) is 62.4 Å². The number of hydrogen-bond donors (Lipinski definition) is 1. The minimum Gasteiger partial charge on any atom is -0.340 e. The summed E-state index contributed by atoms with van der Waals surface area (Å²) in [6.45, 7) is 1.69. The van der Waals surface area contributed by atoms with Gasteiger partial charge in [0.05, 0.1) is 5.41 Å². The molecule has 1 aliphatic carbocycles. The Morgan fingerprint density at radius 1 is 1.09 bits per heavy atom. The summed E-state index contributed by atoms with van der Waals surface area (Å²) < 4.78 is 13.3. The van der Waals surface area contributed by atoms with Crippen molar-refractivity contribution in [2.24, 2.45) is 0 Å². The van der Waals surface area contributed by atoms with Gasteiger partial charge in [0.2, 0.25) is 5.91 Å². The molecule has 4 rings (SSSR count). The molecule has 1 saturated carbocycles. The predicted molar refractivity (Wildman–Crippen MR) is 87.7 cm³/mol. The third-order valence-corrected chi connectivity index (χ3v) is 6.07. The van der Waals surface area contributed by atoms with Crippen LogP contribution in [0.4, 0.5) is 4.39 Å². The first-order chi connectivity index (χ1) is 11.2. The smallest absolute Gasteiger partial charge is 0.233 e. The quantitative estimate of drug-likeness (QED) is 0.910. The lowest BCUT2D eigenvalue weighted by atomic mass is 9.77. The molecule has 3 nitrogen and oxygen atoms in total. The van der Waals surface area contributed by atoms with Gasteiger partial charge in [-0.15, -0.1) is 0 Å². The highest BCUT2D eigenvalue weighted by molar-refractivity contribution is 5.88. The summed E-state index contributed by atoms with van der Waals surface area (Å²) in [6.07, 6.45) is 7.45. The fourth-order valence-electron chi connectivity index (χ4n) is 4.80. The van der Waals surface area contributed by atoms with Gasteiger partial charge in [0, 0.05) is 25.2 Å². The molecule has 2 atom stereocenters. The Hall–Kier alpha value is -1.42. The van der Waals surface area contributed by atoms with E-state index >= 15 is 0 Å². The van der Waals surface area contributed by atoms with Gasteiger partial charge in [0.15, 0.2) is 0 Å². The third kappa shape index (κ3) is 2.67. The summed E-state index contributed by atoms with van der Waals surface area (Å²) in [6, 6.07) is 7.67. The maximum absolute atomic E-state index is 13.4. The molecule has 3 fully saturated rings. The fraction of sp³-hybridized carbons (Fsp3) is 0.632. The van der Waals surface area contributed by atoms with Gasteiger partial charge in [0.25, 0.3) is 0 Å². The van der Waals surface area contributed by atoms with E-state index in [4.69, 9.17) is 0 Å². The molecule has 0 spiro atoms. The number of fused-ring (bicyclic) bond motifs is 2. The van der Waals surface area contributed by atoms with Crippen molar-refractivity contribution in [1.29, 1.82) is 0 Å². The van der Waals surface area contributed by atoms with Crippen LogP contribution in [-0.2, 0) is 10.2 Å². The van der Waals surface area contributed by atoms with Crippen LogP contribution in [0.5, 0.6) is 0 Å². The van der Waals surface area contributed by atoms with Crippen LogP contribution in [0, 0.1) is 5.82 Å². The highest BCUT2D eigenvalue weighted by Crippen LogP contribution is 2.43. The van der Waals surface area contributed by atoms with E-state index in [0.29, 0.717) is 12.1 Å². The maximum Gasteiger partial charge on any atom is 0.233 e. The van der Waals surface area contributed by atoms with Gasteiger partial charge < -0.3 is 10.2 Å². The van der Waals surface area contributed by atoms with Crippen molar-refractivity contribution in [3.63, 3.8) is 0 Å². The number of hydrogen-bond acceptors (Lipinski definition) is 2. The molecule has 2 heterocycles. The van der Waals surface area contributed by atoms with E-state index in [1.165, 1.54) is 25.0 Å². The minimum atomic E-state index is -0.419. The molecule has 0 aromatic heterocycles. The number of carbonyl (C=O) groups excluding carboxylic acids is 1. The number of amides is 1. The van der Waals surface area contributed by atoms with Crippen molar-refractivity contribution >= 4 is 5.91 Å². The molecule has 1 aromatic rings. The van der Waals surface area contributed by atoms with Crippen LogP contribution in [-0.4, -0.2) is 36.0 Å². The van der Waals surface area contributed by atoms with E-state index in [1.807, 2.05) is 12.1 Å². The highest BCUT2D eigenvalue weighted by Gasteiger charge is 2.46. The zero-order valence-corrected chi connectivity index (χ0v) is 13.6. The van der Waals surface area contributed by atoms with Gasteiger partial charge in [-0.2, -0.15) is 0 Å². The maximum atomic E-state index is 13.4. The van der Waals surface area contributed by atoms with Gasteiger partial charge in [-0.05, 0) is 49.8 Å². The molecule has 3 aliphatic rings. The average Bonchev–Trinajstić information content (AvgIpc) is 3.15. The van der Waals surface area contributed by atoms with Gasteiger partial charge >= 0.3 is 0 Å². The molecule has 1 N–H and O–H groups in total. The van der Waals surface area contributed by atoms with Crippen molar-refractivity contribution in [1.82, 2.24) is 10.2 Å². The number of nitrogens with zero attached hydrogens (tertiary/aromatic N) is 1. The summed E-state index contributed by atoms with van der Waals surface area (Å²) >= 11 is 0. The molecule has 2 saturated heterocycles. The Morgan fingerprint density at radius 2 is 1.78 bits per heavy atom. The van der Waals surface area contributed by atoms with Crippen LogP contribution in [0.2, 0.25) is 0 Å². The van der Waals surface area contributed by atoms with Gasteiger partial charge in [-0.25, -0.2) is 4.39 Å². The topological polar surface area (TPSA) is 32.3 Å². The molecule has 124 valence electrons. The van der Waals surface area contributed by atoms with Crippen molar-refractivity contribution < 1.29 is 9.18 Å². The Labute approximate surface area is 137 Å². The third-order valence-electron chi connectivity index (χ3n) is 6.07. The van der Waals surface area contributed by atoms with Gasteiger partial charge in [0.1, 0.15) is 5.82 Å². The Bertz CT molecular complexity index is 580. The van der Waals surface area contributed by atoms with E-state index < -0.39 is 5.41 Å². The lowest BCUT2D eigenvalue weighted by molar-refractivity contribution is -0.137. The van der Waals surface area contributed by atoms with E-state index in [0.717, 1.165) is 50.8 Å². The average molecular weight is 316 g/mol. The molecule has 23 heavy (non-hydrogen) atoms. The first-order valence-corrected chi connectivity index (χ1v) is 8.99. The number of nitrogens with one attached hydrogen (secondary N) is 1. The molecular weight excluding hydrogens is 291 g/mol. The largest absolute Gasteiger partial charge is 0.340 e. The Balaban J connectivity index is 1.61. The normalized spacial score (nSPS) is 29.5. The molecule has 2 aliphatic heterocycles. The zero-order chi connectivity index (χ0) is 15.9. The summed E-state index contributed by atoms with van der Waals surface area (Å²) in [4.78, 5) is 15.5. The first-order valence-electron chi connectivity index (χ1n) is 8.99. The number of carbonyl (C=O) groups is 1. The number of halogens is 1. The van der Waals surface area contributed by atoms with Crippen LogP contribution in [0.15, 0.2) is 24.3 Å². The standard InChI is InChI=1S/C19H25FN2O/c20-15-5-3-14(4-6-15)19(10-1-2-11-19)18(23)22-12-9-16-7-8-17(13-22)21-16/h3-6,16-17,21H,1-2,7-13H2. The van der Waals surface area contributed by atoms with E-state index in [-0.39, 0.29) is 11.7 Å². The second-order valence-electron chi connectivity index (χ2n) is 7.47. The molecular formula is C19H25FN2O. The van der Waals surface area contributed by atoms with Gasteiger partial charge in [-0.3, -0.25) is 4.79 Å². The lowest BCUT2D eigenvalue weighted by Gasteiger charge is -2.35. The van der Waals surface area contributed by atoms with E-state index in [1.54, 1.807) is 0 Å². The highest BCUT2D eigenvalue weighted by atomic mass is 19.1. The Morgan fingerprint density at radius 3 is 2.52 bits per heavy atom. The summed E-state index contributed by atoms with van der Waals surface area (Å²) in [5, 5.41) is 3.64. The number of rotatable bonds is 2. The second-order valence-corrected chi connectivity index (χ2v) is 7.47. The van der Waals surface area contributed by atoms with Crippen LogP contribution in [0.25, 0.3) is 0 Å². The monoisotopic (exact) mass is 316 g/mol. The van der Waals surface area contributed by atoms with Crippen molar-refractivity contribution in [3.05, 3.63) is 35.6 Å². The SMILES string of the molecule is O=C(N1CCC2CCC(C1)N2)C1(c2ccc(F)cc2)CCCC1. The summed E-state index contributed by atoms with van der Waals surface area (Å²) in [7, 11) is 0. The van der Waals surface area contributed by atoms with Crippen LogP contribution < -0.4 is 5.32 Å². The van der Waals surface area contributed by atoms with Crippen LogP contribution in [0.3, 0.4) is 0 Å². The molecule has 2 unspecified atom stereocenters. The Kier molecular flexibility index (Phi) is 3.88. The lowest BCUT2D eigenvalue weighted by Crippen LogP contribution is -2.48. The van der Waals surface area contributed by atoms with Crippen LogP contribution >= 0.6 is 0 Å². The number of likely N-dealkylation sites (tertiary alicyclic amines) is 1. The molecule has 1 amide bonds. The zero-order valence-electron chi connectivity index (χ0n) is 13.6.